The minimum Gasteiger partial charge on any atom is -0.444 e. The highest BCUT2D eigenvalue weighted by atomic mass is 19.1. The van der Waals surface area contributed by atoms with Crippen molar-refractivity contribution in [3.8, 4) is 0 Å². The number of halogens is 1. The van der Waals surface area contributed by atoms with Crippen LogP contribution in [0.3, 0.4) is 0 Å². The molecule has 0 aromatic heterocycles. The summed E-state index contributed by atoms with van der Waals surface area (Å²) in [6, 6.07) is 4.13. The van der Waals surface area contributed by atoms with Crippen molar-refractivity contribution < 1.29 is 18.7 Å². The predicted molar refractivity (Wildman–Crippen MR) is 88.6 cm³/mol. The lowest BCUT2D eigenvalue weighted by Gasteiger charge is -2.42. The Hall–Kier alpha value is -2.31. The number of piperazine rings is 1. The Balaban J connectivity index is 1.82. The highest BCUT2D eigenvalue weighted by Gasteiger charge is 2.36. The van der Waals surface area contributed by atoms with Gasteiger partial charge in [-0.1, -0.05) is 0 Å². The van der Waals surface area contributed by atoms with E-state index in [2.05, 4.69) is 5.32 Å². The summed E-state index contributed by atoms with van der Waals surface area (Å²) in [6.45, 7) is 6.82. The first-order chi connectivity index (χ1) is 11.2. The third-order valence-corrected chi connectivity index (χ3v) is 4.10. The molecule has 2 amide bonds. The second-order valence-corrected chi connectivity index (χ2v) is 7.19. The van der Waals surface area contributed by atoms with Gasteiger partial charge < -0.3 is 19.9 Å². The molecule has 7 heteroatoms. The van der Waals surface area contributed by atoms with Gasteiger partial charge in [-0.25, -0.2) is 9.18 Å². The largest absolute Gasteiger partial charge is 0.444 e. The van der Waals surface area contributed by atoms with Crippen LogP contribution in [0.25, 0.3) is 0 Å². The summed E-state index contributed by atoms with van der Waals surface area (Å²) >= 11 is 0. The third-order valence-electron chi connectivity index (χ3n) is 4.10. The zero-order valence-electron chi connectivity index (χ0n) is 14.1. The van der Waals surface area contributed by atoms with Crippen molar-refractivity contribution >= 4 is 23.4 Å². The van der Waals surface area contributed by atoms with Gasteiger partial charge in [-0.05, 0) is 39.0 Å². The van der Waals surface area contributed by atoms with E-state index in [1.165, 1.54) is 12.1 Å². The molecule has 0 saturated carbocycles. The number of amides is 2. The highest BCUT2D eigenvalue weighted by molar-refractivity contribution is 5.96. The first-order valence-corrected chi connectivity index (χ1v) is 8.07. The van der Waals surface area contributed by atoms with Gasteiger partial charge in [-0.3, -0.25) is 4.79 Å². The van der Waals surface area contributed by atoms with Gasteiger partial charge in [0.25, 0.3) is 0 Å². The molecule has 6 nitrogen and oxygen atoms in total. The van der Waals surface area contributed by atoms with E-state index in [-0.39, 0.29) is 30.3 Å². The number of fused-ring (bicyclic) bond motifs is 3. The maximum Gasteiger partial charge on any atom is 0.410 e. The first-order valence-electron chi connectivity index (χ1n) is 8.07. The summed E-state index contributed by atoms with van der Waals surface area (Å²) in [5, 5.41) is 2.81. The second kappa shape index (κ2) is 5.96. The molecule has 1 atom stereocenters. The van der Waals surface area contributed by atoms with Gasteiger partial charge >= 0.3 is 6.09 Å². The van der Waals surface area contributed by atoms with Gasteiger partial charge in [0.15, 0.2) is 0 Å². The molecule has 130 valence electrons. The van der Waals surface area contributed by atoms with E-state index in [9.17, 15) is 14.0 Å². The van der Waals surface area contributed by atoms with Crippen molar-refractivity contribution in [3.63, 3.8) is 0 Å². The number of anilines is 2. The number of hydrogen-bond acceptors (Lipinski definition) is 4. The summed E-state index contributed by atoms with van der Waals surface area (Å²) < 4.78 is 19.1. The van der Waals surface area contributed by atoms with Crippen molar-refractivity contribution in [2.24, 2.45) is 0 Å². The Kier molecular flexibility index (Phi) is 4.11. The van der Waals surface area contributed by atoms with Crippen LogP contribution in [0, 0.1) is 5.82 Å². The van der Waals surface area contributed by atoms with E-state index in [1.54, 1.807) is 11.0 Å². The van der Waals surface area contributed by atoms with Crippen LogP contribution in [-0.2, 0) is 9.53 Å². The van der Waals surface area contributed by atoms with E-state index in [4.69, 9.17) is 4.74 Å². The number of nitrogens with one attached hydrogen (secondary N) is 1. The molecule has 1 N–H and O–H groups in total. The molecule has 2 aliphatic heterocycles. The smallest absolute Gasteiger partial charge is 0.410 e. The van der Waals surface area contributed by atoms with Gasteiger partial charge in [0.2, 0.25) is 5.91 Å². The number of ether oxygens (including phenoxy) is 1. The lowest BCUT2D eigenvalue weighted by Crippen LogP contribution is -2.55. The van der Waals surface area contributed by atoms with Crippen molar-refractivity contribution in [1.82, 2.24) is 4.90 Å². The maximum absolute atomic E-state index is 13.6. The van der Waals surface area contributed by atoms with Gasteiger partial charge in [0.05, 0.1) is 17.4 Å². The zero-order valence-corrected chi connectivity index (χ0v) is 14.1. The standard InChI is InChI=1S/C17H22FN3O3/c1-17(2,3)24-16(23)20-6-7-21-12(10-20)9-15(22)19-13-5-4-11(18)8-14(13)21/h4-5,8,12H,6-7,9-10H2,1-3H3,(H,19,22). The summed E-state index contributed by atoms with van der Waals surface area (Å²) in [5.74, 6) is -0.486. The first kappa shape index (κ1) is 16.5. The lowest BCUT2D eigenvalue weighted by molar-refractivity contribution is -0.116. The molecule has 1 aromatic carbocycles. The topological polar surface area (TPSA) is 61.9 Å². The van der Waals surface area contributed by atoms with E-state index < -0.39 is 5.60 Å². The molecule has 2 heterocycles. The molecule has 0 radical (unpaired) electrons. The van der Waals surface area contributed by atoms with E-state index in [1.807, 2.05) is 25.7 Å². The minimum atomic E-state index is -0.565. The van der Waals surface area contributed by atoms with Gasteiger partial charge in [0, 0.05) is 26.1 Å². The number of carbonyl (C=O) groups is 2. The fraction of sp³-hybridized carbons (Fsp3) is 0.529. The van der Waals surface area contributed by atoms with Crippen LogP contribution in [0.4, 0.5) is 20.6 Å². The molecule has 0 aliphatic carbocycles. The number of carbonyl (C=O) groups excluding carboxylic acids is 2. The van der Waals surface area contributed by atoms with E-state index >= 15 is 0 Å². The van der Waals surface area contributed by atoms with Crippen LogP contribution in [-0.4, -0.2) is 48.2 Å². The van der Waals surface area contributed by atoms with Crippen molar-refractivity contribution in [3.05, 3.63) is 24.0 Å². The second-order valence-electron chi connectivity index (χ2n) is 7.19. The fourth-order valence-electron chi connectivity index (χ4n) is 3.10. The molecular weight excluding hydrogens is 313 g/mol. The number of benzene rings is 1. The molecule has 3 rings (SSSR count). The van der Waals surface area contributed by atoms with Crippen LogP contribution >= 0.6 is 0 Å². The molecule has 1 unspecified atom stereocenters. The monoisotopic (exact) mass is 335 g/mol. The minimum absolute atomic E-state index is 0.138. The van der Waals surface area contributed by atoms with Crippen molar-refractivity contribution in [2.75, 3.05) is 29.9 Å². The van der Waals surface area contributed by atoms with Crippen molar-refractivity contribution in [1.29, 1.82) is 0 Å². The summed E-state index contributed by atoms with van der Waals surface area (Å²) in [5.41, 5.74) is 0.703. The third kappa shape index (κ3) is 3.44. The van der Waals surface area contributed by atoms with Gasteiger partial charge in [-0.2, -0.15) is 0 Å². The predicted octanol–water partition coefficient (Wildman–Crippen LogP) is 2.59. The number of rotatable bonds is 0. The Labute approximate surface area is 140 Å². The van der Waals surface area contributed by atoms with Crippen LogP contribution in [0.1, 0.15) is 27.2 Å². The quantitative estimate of drug-likeness (QED) is 0.792. The van der Waals surface area contributed by atoms with Gasteiger partial charge in [-0.15, -0.1) is 0 Å². The Morgan fingerprint density at radius 3 is 2.79 bits per heavy atom. The average Bonchev–Trinajstić information content (AvgIpc) is 2.60. The van der Waals surface area contributed by atoms with Crippen LogP contribution in [0.2, 0.25) is 0 Å². The average molecular weight is 335 g/mol. The summed E-state index contributed by atoms with van der Waals surface area (Å²) in [4.78, 5) is 28.0. The molecule has 0 bridgehead atoms. The van der Waals surface area contributed by atoms with Gasteiger partial charge in [0.1, 0.15) is 11.4 Å². The Morgan fingerprint density at radius 2 is 2.08 bits per heavy atom. The zero-order chi connectivity index (χ0) is 17.5. The lowest BCUT2D eigenvalue weighted by atomic mass is 10.1. The number of hydrogen-bond donors (Lipinski definition) is 1. The molecule has 0 spiro atoms. The van der Waals surface area contributed by atoms with Crippen LogP contribution < -0.4 is 10.2 Å². The molecule has 1 fully saturated rings. The van der Waals surface area contributed by atoms with E-state index in [0.29, 0.717) is 31.0 Å². The van der Waals surface area contributed by atoms with Crippen LogP contribution in [0.15, 0.2) is 18.2 Å². The highest BCUT2D eigenvalue weighted by Crippen LogP contribution is 2.34. The molecule has 24 heavy (non-hydrogen) atoms. The molecule has 2 aliphatic rings. The fourth-order valence-corrected chi connectivity index (χ4v) is 3.10. The summed E-state index contributed by atoms with van der Waals surface area (Å²) in [6.07, 6.45) is -0.137. The summed E-state index contributed by atoms with van der Waals surface area (Å²) in [7, 11) is 0. The maximum atomic E-state index is 13.6. The van der Waals surface area contributed by atoms with Crippen LogP contribution in [0.5, 0.6) is 0 Å². The van der Waals surface area contributed by atoms with Crippen molar-refractivity contribution in [2.45, 2.75) is 38.8 Å². The Bertz CT molecular complexity index is 672. The normalized spacial score (nSPS) is 20.7. The molecular formula is C17H22FN3O3. The molecule has 1 saturated heterocycles. The van der Waals surface area contributed by atoms with E-state index in [0.717, 1.165) is 0 Å². The molecule has 1 aromatic rings. The number of nitrogens with zero attached hydrogens (tertiary/aromatic N) is 2. The Morgan fingerprint density at radius 1 is 1.33 bits per heavy atom. The SMILES string of the molecule is CC(C)(C)OC(=O)N1CCN2c3cc(F)ccc3NC(=O)CC2C1.